The monoisotopic (exact) mass is 241 g/mol. The minimum atomic E-state index is 0.430. The molecular formula is C15H31NO. The molecular weight excluding hydrogens is 210 g/mol. The van der Waals surface area contributed by atoms with Crippen molar-refractivity contribution < 1.29 is 4.74 Å². The van der Waals surface area contributed by atoms with Gasteiger partial charge in [-0.3, -0.25) is 0 Å². The first-order valence-electron chi connectivity index (χ1n) is 7.54. The first-order chi connectivity index (χ1) is 8.22. The summed E-state index contributed by atoms with van der Waals surface area (Å²) in [5, 5.41) is 3.52. The Hall–Kier alpha value is -0.0800. The van der Waals surface area contributed by atoms with E-state index in [-0.39, 0.29) is 0 Å². The predicted molar refractivity (Wildman–Crippen MR) is 74.3 cm³/mol. The summed E-state index contributed by atoms with van der Waals surface area (Å²) in [5.74, 6) is 1.58. The largest absolute Gasteiger partial charge is 0.377 e. The minimum Gasteiger partial charge on any atom is -0.377 e. The molecule has 0 spiro atoms. The fraction of sp³-hybridized carbons (Fsp3) is 1.00. The van der Waals surface area contributed by atoms with Crippen molar-refractivity contribution in [1.82, 2.24) is 5.32 Å². The van der Waals surface area contributed by atoms with Gasteiger partial charge in [0.25, 0.3) is 0 Å². The molecule has 0 aliphatic heterocycles. The van der Waals surface area contributed by atoms with Gasteiger partial charge in [-0.2, -0.15) is 0 Å². The van der Waals surface area contributed by atoms with Crippen LogP contribution < -0.4 is 5.32 Å². The van der Waals surface area contributed by atoms with Crippen molar-refractivity contribution in [3.05, 3.63) is 0 Å². The van der Waals surface area contributed by atoms with Gasteiger partial charge in [0.2, 0.25) is 0 Å². The third kappa shape index (κ3) is 7.05. The molecule has 1 rings (SSSR count). The van der Waals surface area contributed by atoms with E-state index in [1.54, 1.807) is 0 Å². The molecule has 2 nitrogen and oxygen atoms in total. The van der Waals surface area contributed by atoms with Crippen LogP contribution >= 0.6 is 0 Å². The van der Waals surface area contributed by atoms with Crippen molar-refractivity contribution in [2.45, 2.75) is 65.4 Å². The van der Waals surface area contributed by atoms with Crippen molar-refractivity contribution >= 4 is 0 Å². The van der Waals surface area contributed by atoms with E-state index >= 15 is 0 Å². The number of hydrogen-bond acceptors (Lipinski definition) is 2. The SMILES string of the molecule is CCCC(CNCC(C)C)OCC1CCCC1. The Morgan fingerprint density at radius 2 is 1.88 bits per heavy atom. The Kier molecular flexibility index (Phi) is 7.87. The lowest BCUT2D eigenvalue weighted by molar-refractivity contribution is 0.0250. The summed E-state index contributed by atoms with van der Waals surface area (Å²) in [7, 11) is 0. The molecule has 1 unspecified atom stereocenters. The molecule has 1 saturated carbocycles. The first kappa shape index (κ1) is 15.0. The van der Waals surface area contributed by atoms with Crippen molar-refractivity contribution in [2.75, 3.05) is 19.7 Å². The molecule has 1 atom stereocenters. The second kappa shape index (κ2) is 8.93. The summed E-state index contributed by atoms with van der Waals surface area (Å²) in [6.07, 6.45) is 8.45. The van der Waals surface area contributed by atoms with Gasteiger partial charge in [0.1, 0.15) is 0 Å². The van der Waals surface area contributed by atoms with Crippen LogP contribution in [0.1, 0.15) is 59.3 Å². The lowest BCUT2D eigenvalue weighted by Crippen LogP contribution is -2.32. The third-order valence-electron chi connectivity index (χ3n) is 3.58. The number of rotatable bonds is 9. The summed E-state index contributed by atoms with van der Waals surface area (Å²) >= 11 is 0. The summed E-state index contributed by atoms with van der Waals surface area (Å²) < 4.78 is 6.09. The zero-order valence-corrected chi connectivity index (χ0v) is 12.0. The Bertz CT molecular complexity index is 176. The standard InChI is InChI=1S/C15H31NO/c1-4-7-15(11-16-10-13(2)3)17-12-14-8-5-6-9-14/h13-16H,4-12H2,1-3H3. The molecule has 0 bridgehead atoms. The first-order valence-corrected chi connectivity index (χ1v) is 7.54. The van der Waals surface area contributed by atoms with E-state index in [1.165, 1.54) is 38.5 Å². The Morgan fingerprint density at radius 3 is 2.47 bits per heavy atom. The molecule has 2 heteroatoms. The van der Waals surface area contributed by atoms with Gasteiger partial charge < -0.3 is 10.1 Å². The van der Waals surface area contributed by atoms with E-state index in [0.717, 1.165) is 31.5 Å². The smallest absolute Gasteiger partial charge is 0.0699 e. The van der Waals surface area contributed by atoms with Crippen LogP contribution in [0.3, 0.4) is 0 Å². The molecule has 1 aliphatic carbocycles. The van der Waals surface area contributed by atoms with E-state index < -0.39 is 0 Å². The molecule has 0 amide bonds. The van der Waals surface area contributed by atoms with E-state index in [9.17, 15) is 0 Å². The molecule has 1 N–H and O–H groups in total. The minimum absolute atomic E-state index is 0.430. The van der Waals surface area contributed by atoms with Crippen LogP contribution in [0.15, 0.2) is 0 Å². The van der Waals surface area contributed by atoms with E-state index in [2.05, 4.69) is 26.1 Å². The number of ether oxygens (including phenoxy) is 1. The summed E-state index contributed by atoms with van der Waals surface area (Å²) in [6.45, 7) is 9.87. The van der Waals surface area contributed by atoms with Crippen LogP contribution in [0.5, 0.6) is 0 Å². The fourth-order valence-electron chi connectivity index (χ4n) is 2.55. The average molecular weight is 241 g/mol. The number of hydrogen-bond donors (Lipinski definition) is 1. The molecule has 0 radical (unpaired) electrons. The van der Waals surface area contributed by atoms with Crippen LogP contribution in [-0.4, -0.2) is 25.8 Å². The van der Waals surface area contributed by atoms with Gasteiger partial charge in [-0.1, -0.05) is 40.0 Å². The van der Waals surface area contributed by atoms with Gasteiger partial charge in [-0.05, 0) is 37.6 Å². The Balaban J connectivity index is 2.12. The highest BCUT2D eigenvalue weighted by Gasteiger charge is 2.17. The maximum absolute atomic E-state index is 6.09. The Labute approximate surface area is 108 Å². The molecule has 0 heterocycles. The van der Waals surface area contributed by atoms with Crippen molar-refractivity contribution in [3.63, 3.8) is 0 Å². The second-order valence-corrected chi connectivity index (χ2v) is 5.95. The second-order valence-electron chi connectivity index (χ2n) is 5.95. The van der Waals surface area contributed by atoms with Crippen molar-refractivity contribution in [3.8, 4) is 0 Å². The summed E-state index contributed by atoms with van der Waals surface area (Å²) in [4.78, 5) is 0. The molecule has 1 aliphatic rings. The molecule has 102 valence electrons. The highest BCUT2D eigenvalue weighted by molar-refractivity contribution is 4.69. The molecule has 1 fully saturated rings. The molecule has 0 saturated heterocycles. The predicted octanol–water partition coefficient (Wildman–Crippen LogP) is 3.61. The molecule has 17 heavy (non-hydrogen) atoms. The summed E-state index contributed by atoms with van der Waals surface area (Å²) in [6, 6.07) is 0. The van der Waals surface area contributed by atoms with Crippen LogP contribution in [0.25, 0.3) is 0 Å². The topological polar surface area (TPSA) is 21.3 Å². The molecule has 0 aromatic carbocycles. The number of nitrogens with one attached hydrogen (secondary N) is 1. The summed E-state index contributed by atoms with van der Waals surface area (Å²) in [5.41, 5.74) is 0. The quantitative estimate of drug-likeness (QED) is 0.666. The third-order valence-corrected chi connectivity index (χ3v) is 3.58. The van der Waals surface area contributed by atoms with Gasteiger partial charge in [0, 0.05) is 13.2 Å². The van der Waals surface area contributed by atoms with Gasteiger partial charge in [-0.15, -0.1) is 0 Å². The van der Waals surface area contributed by atoms with Gasteiger partial charge in [0.15, 0.2) is 0 Å². The van der Waals surface area contributed by atoms with Gasteiger partial charge in [-0.25, -0.2) is 0 Å². The molecule has 0 aromatic rings. The Morgan fingerprint density at radius 1 is 1.18 bits per heavy atom. The van der Waals surface area contributed by atoms with Crippen molar-refractivity contribution in [1.29, 1.82) is 0 Å². The average Bonchev–Trinajstić information content (AvgIpc) is 2.78. The van der Waals surface area contributed by atoms with Crippen molar-refractivity contribution in [2.24, 2.45) is 11.8 Å². The molecule has 0 aromatic heterocycles. The lowest BCUT2D eigenvalue weighted by Gasteiger charge is -2.20. The lowest BCUT2D eigenvalue weighted by atomic mass is 10.1. The van der Waals surface area contributed by atoms with Gasteiger partial charge in [0.05, 0.1) is 6.10 Å². The zero-order valence-electron chi connectivity index (χ0n) is 12.0. The van der Waals surface area contributed by atoms with E-state index in [1.807, 2.05) is 0 Å². The maximum atomic E-state index is 6.09. The van der Waals surface area contributed by atoms with Crippen LogP contribution in [0.4, 0.5) is 0 Å². The highest BCUT2D eigenvalue weighted by Crippen LogP contribution is 2.25. The maximum Gasteiger partial charge on any atom is 0.0699 e. The van der Waals surface area contributed by atoms with Gasteiger partial charge >= 0.3 is 0 Å². The van der Waals surface area contributed by atoms with Crippen LogP contribution in [-0.2, 0) is 4.74 Å². The van der Waals surface area contributed by atoms with E-state index in [0.29, 0.717) is 6.10 Å². The normalized spacial score (nSPS) is 19.1. The van der Waals surface area contributed by atoms with Crippen LogP contribution in [0.2, 0.25) is 0 Å². The van der Waals surface area contributed by atoms with Crippen LogP contribution in [0, 0.1) is 11.8 Å². The highest BCUT2D eigenvalue weighted by atomic mass is 16.5. The fourth-order valence-corrected chi connectivity index (χ4v) is 2.55. The zero-order chi connectivity index (χ0) is 12.5. The van der Waals surface area contributed by atoms with E-state index in [4.69, 9.17) is 4.74 Å².